The first-order valence-corrected chi connectivity index (χ1v) is 7.96. The minimum absolute atomic E-state index is 0. The van der Waals surface area contributed by atoms with Gasteiger partial charge in [0.15, 0.2) is 17.5 Å². The normalized spacial score (nSPS) is 15.4. The van der Waals surface area contributed by atoms with E-state index in [0.717, 1.165) is 19.3 Å². The van der Waals surface area contributed by atoms with Crippen LogP contribution in [-0.4, -0.2) is 15.1 Å². The van der Waals surface area contributed by atoms with E-state index in [9.17, 15) is 4.39 Å². The molecule has 6 nitrogen and oxygen atoms in total. The fourth-order valence-electron chi connectivity index (χ4n) is 2.77. The SMILES string of the molecule is Cl.NC1(c2noc(CCc3ncc(-c4ccccc4F)o3)n2)CCC1. The summed E-state index contributed by atoms with van der Waals surface area (Å²) in [7, 11) is 0. The van der Waals surface area contributed by atoms with Crippen molar-refractivity contribution < 1.29 is 13.3 Å². The second kappa shape index (κ2) is 6.93. The molecule has 2 N–H and O–H groups in total. The highest BCUT2D eigenvalue weighted by molar-refractivity contribution is 5.85. The van der Waals surface area contributed by atoms with Gasteiger partial charge in [-0.15, -0.1) is 12.4 Å². The quantitative estimate of drug-likeness (QED) is 0.746. The second-order valence-electron chi connectivity index (χ2n) is 6.12. The van der Waals surface area contributed by atoms with Crippen LogP contribution in [0.2, 0.25) is 0 Å². The minimum Gasteiger partial charge on any atom is -0.441 e. The Balaban J connectivity index is 0.00000182. The smallest absolute Gasteiger partial charge is 0.227 e. The maximum Gasteiger partial charge on any atom is 0.227 e. The zero-order valence-electron chi connectivity index (χ0n) is 13.4. The molecule has 132 valence electrons. The molecule has 0 amide bonds. The van der Waals surface area contributed by atoms with Gasteiger partial charge in [0.1, 0.15) is 5.82 Å². The van der Waals surface area contributed by atoms with Crippen molar-refractivity contribution in [2.24, 2.45) is 5.73 Å². The molecular weight excluding hydrogens is 347 g/mol. The van der Waals surface area contributed by atoms with Crippen LogP contribution in [0.3, 0.4) is 0 Å². The van der Waals surface area contributed by atoms with Gasteiger partial charge in [0.25, 0.3) is 0 Å². The van der Waals surface area contributed by atoms with Crippen molar-refractivity contribution in [3.05, 3.63) is 53.9 Å². The van der Waals surface area contributed by atoms with Gasteiger partial charge in [-0.05, 0) is 31.4 Å². The van der Waals surface area contributed by atoms with E-state index in [1.807, 2.05) is 0 Å². The summed E-state index contributed by atoms with van der Waals surface area (Å²) in [5, 5.41) is 3.97. The fourth-order valence-corrected chi connectivity index (χ4v) is 2.77. The predicted octanol–water partition coefficient (Wildman–Crippen LogP) is 3.41. The van der Waals surface area contributed by atoms with Crippen LogP contribution >= 0.6 is 12.4 Å². The Morgan fingerprint density at radius 1 is 1.16 bits per heavy atom. The lowest BCUT2D eigenvalue weighted by molar-refractivity contribution is 0.229. The van der Waals surface area contributed by atoms with Crippen molar-refractivity contribution in [3.63, 3.8) is 0 Å². The average molecular weight is 365 g/mol. The van der Waals surface area contributed by atoms with Gasteiger partial charge >= 0.3 is 0 Å². The Morgan fingerprint density at radius 3 is 2.64 bits per heavy atom. The molecule has 1 aromatic carbocycles. The van der Waals surface area contributed by atoms with E-state index in [1.165, 1.54) is 12.3 Å². The van der Waals surface area contributed by atoms with Crippen LogP contribution in [0.15, 0.2) is 39.4 Å². The van der Waals surface area contributed by atoms with E-state index >= 15 is 0 Å². The number of halogens is 2. The molecule has 1 saturated carbocycles. The molecule has 0 atom stereocenters. The Labute approximate surface area is 150 Å². The molecule has 25 heavy (non-hydrogen) atoms. The van der Waals surface area contributed by atoms with Crippen LogP contribution in [-0.2, 0) is 18.4 Å². The van der Waals surface area contributed by atoms with Gasteiger partial charge in [0.05, 0.1) is 17.3 Å². The van der Waals surface area contributed by atoms with Crippen LogP contribution < -0.4 is 5.73 Å². The Bertz CT molecular complexity index is 860. The van der Waals surface area contributed by atoms with Gasteiger partial charge in [0, 0.05) is 12.8 Å². The summed E-state index contributed by atoms with van der Waals surface area (Å²) in [6.07, 6.45) is 5.38. The van der Waals surface area contributed by atoms with Gasteiger partial charge in [-0.1, -0.05) is 17.3 Å². The molecule has 1 aliphatic rings. The summed E-state index contributed by atoms with van der Waals surface area (Å²) in [5.41, 5.74) is 6.14. The second-order valence-corrected chi connectivity index (χ2v) is 6.12. The van der Waals surface area contributed by atoms with Gasteiger partial charge in [-0.3, -0.25) is 0 Å². The molecule has 4 rings (SSSR count). The van der Waals surface area contributed by atoms with Gasteiger partial charge in [-0.2, -0.15) is 4.98 Å². The molecule has 2 aromatic heterocycles. The number of aryl methyl sites for hydroxylation is 2. The maximum atomic E-state index is 13.8. The molecule has 8 heteroatoms. The van der Waals surface area contributed by atoms with Gasteiger partial charge < -0.3 is 14.7 Å². The molecule has 0 aliphatic heterocycles. The predicted molar refractivity (Wildman–Crippen MR) is 90.6 cm³/mol. The lowest BCUT2D eigenvalue weighted by atomic mass is 9.77. The van der Waals surface area contributed by atoms with E-state index in [4.69, 9.17) is 14.7 Å². The van der Waals surface area contributed by atoms with E-state index < -0.39 is 5.54 Å². The topological polar surface area (TPSA) is 91.0 Å². The van der Waals surface area contributed by atoms with Gasteiger partial charge in [0.2, 0.25) is 5.89 Å². The highest BCUT2D eigenvalue weighted by Crippen LogP contribution is 2.36. The number of rotatable bonds is 5. The molecule has 1 fully saturated rings. The molecule has 2 heterocycles. The molecule has 0 spiro atoms. The number of nitrogens with two attached hydrogens (primary N) is 1. The first-order chi connectivity index (χ1) is 11.6. The van der Waals surface area contributed by atoms with Crippen molar-refractivity contribution in [3.8, 4) is 11.3 Å². The zero-order valence-corrected chi connectivity index (χ0v) is 14.3. The molecule has 0 radical (unpaired) electrons. The number of oxazole rings is 1. The number of benzene rings is 1. The maximum absolute atomic E-state index is 13.8. The van der Waals surface area contributed by atoms with Crippen LogP contribution in [0, 0.1) is 5.82 Å². The van der Waals surface area contributed by atoms with E-state index in [1.54, 1.807) is 18.2 Å². The van der Waals surface area contributed by atoms with E-state index in [-0.39, 0.29) is 18.2 Å². The summed E-state index contributed by atoms with van der Waals surface area (Å²) in [6, 6.07) is 6.43. The molecule has 0 unspecified atom stereocenters. The molecule has 3 aromatic rings. The number of hydrogen-bond donors (Lipinski definition) is 1. The van der Waals surface area contributed by atoms with E-state index in [0.29, 0.717) is 41.8 Å². The van der Waals surface area contributed by atoms with Crippen molar-refractivity contribution in [2.45, 2.75) is 37.6 Å². The number of hydrogen-bond acceptors (Lipinski definition) is 6. The first-order valence-electron chi connectivity index (χ1n) is 7.96. The Kier molecular flexibility index (Phi) is 4.87. The molecule has 0 saturated heterocycles. The largest absolute Gasteiger partial charge is 0.441 e. The Hall–Kier alpha value is -2.25. The first kappa shape index (κ1) is 17.6. The standard InChI is InChI=1S/C17H17FN4O2.ClH/c18-12-5-2-1-4-11(12)13-10-20-14(23-13)6-7-15-21-16(22-24-15)17(19)8-3-9-17;/h1-2,4-5,10H,3,6-9,19H2;1H. The van der Waals surface area contributed by atoms with Crippen molar-refractivity contribution in [1.82, 2.24) is 15.1 Å². The molecular formula is C17H18ClFN4O2. The lowest BCUT2D eigenvalue weighted by Gasteiger charge is -2.34. The zero-order chi connectivity index (χ0) is 16.6. The Morgan fingerprint density at radius 2 is 1.92 bits per heavy atom. The highest BCUT2D eigenvalue weighted by atomic mass is 35.5. The summed E-state index contributed by atoms with van der Waals surface area (Å²) in [6.45, 7) is 0. The number of aromatic nitrogens is 3. The molecule has 1 aliphatic carbocycles. The van der Waals surface area contributed by atoms with Crippen molar-refractivity contribution in [1.29, 1.82) is 0 Å². The van der Waals surface area contributed by atoms with Crippen molar-refractivity contribution >= 4 is 12.4 Å². The van der Waals surface area contributed by atoms with E-state index in [2.05, 4.69) is 15.1 Å². The fraction of sp³-hybridized carbons (Fsp3) is 0.353. The van der Waals surface area contributed by atoms with Gasteiger partial charge in [-0.25, -0.2) is 9.37 Å². The average Bonchev–Trinajstić information content (AvgIpc) is 3.20. The van der Waals surface area contributed by atoms with Crippen LogP contribution in [0.25, 0.3) is 11.3 Å². The molecule has 0 bridgehead atoms. The highest BCUT2D eigenvalue weighted by Gasteiger charge is 2.38. The summed E-state index contributed by atoms with van der Waals surface area (Å²) >= 11 is 0. The minimum atomic E-state index is -0.428. The monoisotopic (exact) mass is 364 g/mol. The third kappa shape index (κ3) is 3.43. The third-order valence-electron chi connectivity index (χ3n) is 4.40. The summed E-state index contributed by atoms with van der Waals surface area (Å²) in [4.78, 5) is 8.55. The van der Waals surface area contributed by atoms with Crippen LogP contribution in [0.1, 0.15) is 36.9 Å². The summed E-state index contributed by atoms with van der Waals surface area (Å²) < 4.78 is 24.6. The summed E-state index contributed by atoms with van der Waals surface area (Å²) in [5.74, 6) is 1.65. The third-order valence-corrected chi connectivity index (χ3v) is 4.40. The van der Waals surface area contributed by atoms with Crippen molar-refractivity contribution in [2.75, 3.05) is 0 Å². The van der Waals surface area contributed by atoms with Crippen LogP contribution in [0.5, 0.6) is 0 Å². The number of nitrogens with zero attached hydrogens (tertiary/aromatic N) is 3. The van der Waals surface area contributed by atoms with Crippen LogP contribution in [0.4, 0.5) is 4.39 Å². The lowest BCUT2D eigenvalue weighted by Crippen LogP contribution is -2.44.